The Morgan fingerprint density at radius 1 is 1.28 bits per heavy atom. The van der Waals surface area contributed by atoms with Crippen LogP contribution >= 0.6 is 23.2 Å². The third-order valence-electron chi connectivity index (χ3n) is 2.94. The molecular weight excluding hydrogens is 273 g/mol. The Morgan fingerprint density at radius 2 is 1.83 bits per heavy atom. The van der Waals surface area contributed by atoms with Gasteiger partial charge in [-0.1, -0.05) is 23.2 Å². The number of nitrogens with one attached hydrogen (secondary N) is 1. The van der Waals surface area contributed by atoms with E-state index in [1.54, 1.807) is 12.1 Å². The van der Waals surface area contributed by atoms with Crippen LogP contribution in [0.2, 0.25) is 10.0 Å². The molecule has 1 aliphatic heterocycles. The highest BCUT2D eigenvalue weighted by molar-refractivity contribution is 6.39. The number of nitrogen functional groups attached to an aromatic ring is 1. The van der Waals surface area contributed by atoms with Gasteiger partial charge in [0.05, 0.1) is 22.3 Å². The number of hydrogen-bond donors (Lipinski definition) is 2. The monoisotopic (exact) mass is 287 g/mol. The number of nitrogens with zero attached hydrogens (tertiary/aromatic N) is 1. The van der Waals surface area contributed by atoms with Crippen LogP contribution in [0.5, 0.6) is 0 Å². The van der Waals surface area contributed by atoms with Crippen LogP contribution in [0, 0.1) is 0 Å². The number of anilines is 2. The lowest BCUT2D eigenvalue weighted by Gasteiger charge is -2.17. The van der Waals surface area contributed by atoms with Gasteiger partial charge in [-0.3, -0.25) is 4.79 Å². The molecule has 2 rings (SSSR count). The summed E-state index contributed by atoms with van der Waals surface area (Å²) in [7, 11) is 0. The van der Waals surface area contributed by atoms with Crippen LogP contribution in [-0.2, 0) is 4.79 Å². The van der Waals surface area contributed by atoms with E-state index in [0.717, 1.165) is 25.9 Å². The van der Waals surface area contributed by atoms with Gasteiger partial charge >= 0.3 is 0 Å². The zero-order valence-corrected chi connectivity index (χ0v) is 11.4. The summed E-state index contributed by atoms with van der Waals surface area (Å²) in [5, 5.41) is 3.82. The van der Waals surface area contributed by atoms with Gasteiger partial charge in [-0.2, -0.15) is 0 Å². The molecule has 0 radical (unpaired) electrons. The molecule has 1 aromatic carbocycles. The first-order valence-corrected chi connectivity index (χ1v) is 6.59. The second kappa shape index (κ2) is 5.67. The van der Waals surface area contributed by atoms with Crippen molar-refractivity contribution >= 4 is 40.5 Å². The fraction of sp³-hybridized carbons (Fsp3) is 0.417. The minimum absolute atomic E-state index is 0.0662. The summed E-state index contributed by atoms with van der Waals surface area (Å²) in [5.41, 5.74) is 6.67. The van der Waals surface area contributed by atoms with Gasteiger partial charge in [0.2, 0.25) is 5.91 Å². The second-order valence-corrected chi connectivity index (χ2v) is 5.12. The summed E-state index contributed by atoms with van der Waals surface area (Å²) in [6.07, 6.45) is 2.16. The highest BCUT2D eigenvalue weighted by Crippen LogP contribution is 2.32. The molecule has 6 heteroatoms. The van der Waals surface area contributed by atoms with E-state index in [4.69, 9.17) is 28.9 Å². The maximum atomic E-state index is 11.9. The third-order valence-corrected chi connectivity index (χ3v) is 3.54. The van der Waals surface area contributed by atoms with Gasteiger partial charge in [-0.05, 0) is 25.0 Å². The fourth-order valence-corrected chi connectivity index (χ4v) is 2.64. The molecule has 1 fully saturated rings. The molecule has 0 spiro atoms. The molecule has 3 N–H and O–H groups in total. The van der Waals surface area contributed by atoms with Crippen molar-refractivity contribution in [3.63, 3.8) is 0 Å². The Balaban J connectivity index is 1.99. The molecule has 0 unspecified atom stereocenters. The van der Waals surface area contributed by atoms with Gasteiger partial charge in [0.1, 0.15) is 0 Å². The molecule has 4 nitrogen and oxygen atoms in total. The summed E-state index contributed by atoms with van der Waals surface area (Å²) in [4.78, 5) is 13.7. The Labute approximate surface area is 116 Å². The lowest BCUT2D eigenvalue weighted by Crippen LogP contribution is -2.33. The van der Waals surface area contributed by atoms with Gasteiger partial charge in [-0.15, -0.1) is 0 Å². The van der Waals surface area contributed by atoms with Crippen LogP contribution in [0.25, 0.3) is 0 Å². The van der Waals surface area contributed by atoms with Crippen molar-refractivity contribution in [3.8, 4) is 0 Å². The van der Waals surface area contributed by atoms with Gasteiger partial charge in [-0.25, -0.2) is 0 Å². The largest absolute Gasteiger partial charge is 0.399 e. The first kappa shape index (κ1) is 13.3. The van der Waals surface area contributed by atoms with Crippen LogP contribution in [0.4, 0.5) is 11.4 Å². The van der Waals surface area contributed by atoms with Crippen LogP contribution in [-0.4, -0.2) is 30.4 Å². The minimum Gasteiger partial charge on any atom is -0.399 e. The number of halogens is 2. The first-order valence-electron chi connectivity index (χ1n) is 5.84. The van der Waals surface area contributed by atoms with E-state index in [1.807, 2.05) is 4.90 Å². The fourth-order valence-electron chi connectivity index (χ4n) is 2.00. The average molecular weight is 288 g/mol. The molecule has 98 valence electrons. The van der Waals surface area contributed by atoms with Crippen molar-refractivity contribution in [1.29, 1.82) is 0 Å². The zero-order chi connectivity index (χ0) is 13.1. The Morgan fingerprint density at radius 3 is 2.39 bits per heavy atom. The molecule has 0 aromatic heterocycles. The highest BCUT2D eigenvalue weighted by atomic mass is 35.5. The molecule has 1 aromatic rings. The summed E-state index contributed by atoms with van der Waals surface area (Å²) in [5.74, 6) is 0.0662. The van der Waals surface area contributed by atoms with E-state index in [-0.39, 0.29) is 12.5 Å². The Hall–Kier alpha value is -1.13. The van der Waals surface area contributed by atoms with E-state index in [9.17, 15) is 4.79 Å². The van der Waals surface area contributed by atoms with Crippen molar-refractivity contribution in [1.82, 2.24) is 4.90 Å². The maximum Gasteiger partial charge on any atom is 0.241 e. The Kier molecular flexibility index (Phi) is 4.19. The lowest BCUT2D eigenvalue weighted by atomic mass is 10.3. The van der Waals surface area contributed by atoms with Crippen LogP contribution < -0.4 is 11.1 Å². The third kappa shape index (κ3) is 3.00. The number of carbonyl (C=O) groups is 1. The number of benzene rings is 1. The molecule has 0 bridgehead atoms. The van der Waals surface area contributed by atoms with Gasteiger partial charge in [0, 0.05) is 18.8 Å². The molecule has 0 aliphatic carbocycles. The number of nitrogens with two attached hydrogens (primary N) is 1. The summed E-state index contributed by atoms with van der Waals surface area (Å²) in [6.45, 7) is 1.87. The normalized spacial score (nSPS) is 14.9. The number of likely N-dealkylation sites (tertiary alicyclic amines) is 1. The average Bonchev–Trinajstić information content (AvgIpc) is 2.80. The van der Waals surface area contributed by atoms with Gasteiger partial charge in [0.15, 0.2) is 0 Å². The van der Waals surface area contributed by atoms with E-state index >= 15 is 0 Å². The highest BCUT2D eigenvalue weighted by Gasteiger charge is 2.18. The molecule has 1 heterocycles. The second-order valence-electron chi connectivity index (χ2n) is 4.30. The number of amides is 1. The van der Waals surface area contributed by atoms with Crippen molar-refractivity contribution in [3.05, 3.63) is 22.2 Å². The predicted octanol–water partition coefficient (Wildman–Crippen LogP) is 2.61. The van der Waals surface area contributed by atoms with Crippen molar-refractivity contribution < 1.29 is 4.79 Å². The van der Waals surface area contributed by atoms with Crippen molar-refractivity contribution in [2.24, 2.45) is 0 Å². The van der Waals surface area contributed by atoms with Gasteiger partial charge in [0.25, 0.3) is 0 Å². The minimum atomic E-state index is 0.0662. The maximum absolute atomic E-state index is 11.9. The summed E-state index contributed by atoms with van der Waals surface area (Å²) in [6, 6.07) is 3.21. The molecule has 1 aliphatic rings. The number of hydrogen-bond acceptors (Lipinski definition) is 3. The number of rotatable bonds is 3. The standard InChI is InChI=1S/C12H15Cl2N3O/c13-9-5-8(15)6-10(14)12(9)16-7-11(18)17-3-1-2-4-17/h5-6,16H,1-4,7,15H2. The molecule has 0 atom stereocenters. The molecule has 0 saturated carbocycles. The smallest absolute Gasteiger partial charge is 0.241 e. The molecule has 1 amide bonds. The SMILES string of the molecule is Nc1cc(Cl)c(NCC(=O)N2CCCC2)c(Cl)c1. The van der Waals surface area contributed by atoms with E-state index in [1.165, 1.54) is 0 Å². The molecule has 18 heavy (non-hydrogen) atoms. The molecule has 1 saturated heterocycles. The summed E-state index contributed by atoms with van der Waals surface area (Å²) < 4.78 is 0. The van der Waals surface area contributed by atoms with E-state index in [2.05, 4.69) is 5.32 Å². The topological polar surface area (TPSA) is 58.4 Å². The Bertz CT molecular complexity index is 436. The van der Waals surface area contributed by atoms with Crippen LogP contribution in [0.1, 0.15) is 12.8 Å². The molecular formula is C12H15Cl2N3O. The predicted molar refractivity (Wildman–Crippen MR) is 75.2 cm³/mol. The van der Waals surface area contributed by atoms with Gasteiger partial charge < -0.3 is 16.0 Å². The van der Waals surface area contributed by atoms with Crippen molar-refractivity contribution in [2.45, 2.75) is 12.8 Å². The van der Waals surface area contributed by atoms with E-state index in [0.29, 0.717) is 21.4 Å². The van der Waals surface area contributed by atoms with Crippen LogP contribution in [0.15, 0.2) is 12.1 Å². The number of carbonyl (C=O) groups excluding carboxylic acids is 1. The van der Waals surface area contributed by atoms with Crippen LogP contribution in [0.3, 0.4) is 0 Å². The van der Waals surface area contributed by atoms with E-state index < -0.39 is 0 Å². The zero-order valence-electron chi connectivity index (χ0n) is 9.88. The quantitative estimate of drug-likeness (QED) is 0.841. The lowest BCUT2D eigenvalue weighted by molar-refractivity contribution is -0.128. The van der Waals surface area contributed by atoms with Crippen molar-refractivity contribution in [2.75, 3.05) is 30.7 Å². The first-order chi connectivity index (χ1) is 8.58. The summed E-state index contributed by atoms with van der Waals surface area (Å²) >= 11 is 12.1.